The molecule has 0 radical (unpaired) electrons. The molecular formula is C42H74O6. The van der Waals surface area contributed by atoms with E-state index in [9.17, 15) is 14.4 Å². The Kier molecular flexibility index (Phi) is 31.5. The molecule has 0 aliphatic heterocycles. The molecule has 48 heavy (non-hydrogen) atoms. The van der Waals surface area contributed by atoms with E-state index in [1.807, 2.05) is 0 Å². The van der Waals surface area contributed by atoms with Crippen LogP contribution < -0.4 is 0 Å². The summed E-state index contributed by atoms with van der Waals surface area (Å²) in [7, 11) is 0. The first-order chi connectivity index (χ1) is 23.3. The maximum absolute atomic E-state index is 12.6. The molecule has 0 fully saturated rings. The summed E-state index contributed by atoms with van der Waals surface area (Å²) < 4.78 is 11.0. The molecule has 0 saturated carbocycles. The lowest BCUT2D eigenvalue weighted by Crippen LogP contribution is -2.19. The van der Waals surface area contributed by atoms with E-state index in [1.165, 1.54) is 83.5 Å². The molecule has 1 aromatic rings. The Labute approximate surface area is 295 Å². The molecule has 6 nitrogen and oxygen atoms in total. The van der Waals surface area contributed by atoms with E-state index in [2.05, 4.69) is 34.6 Å². The number of benzene rings is 1. The minimum atomic E-state index is -0.653. The standard InChI is InChI=1S/C24H38O4.C18H36O2/c1-5-9-13-19(7-3)17-27-23(25)21-15-11-12-16-22(21)24(26)28-18-20(8-4)14-10-6-2;1-2-3-4-5-6-7-8-9-10-11-12-13-14-15-16-17-18(19)20/h11-12,15-16,19-20H,5-10,13-14,17-18H2,1-4H3;2-17H2,1H3,(H,19,20). The van der Waals surface area contributed by atoms with Crippen molar-refractivity contribution in [2.75, 3.05) is 13.2 Å². The maximum atomic E-state index is 12.6. The van der Waals surface area contributed by atoms with E-state index >= 15 is 0 Å². The van der Waals surface area contributed by atoms with Crippen molar-refractivity contribution in [3.8, 4) is 0 Å². The van der Waals surface area contributed by atoms with Crippen molar-refractivity contribution < 1.29 is 29.0 Å². The monoisotopic (exact) mass is 675 g/mol. The fraction of sp³-hybridized carbons (Fsp3) is 0.786. The first kappa shape index (κ1) is 45.6. The molecule has 2 atom stereocenters. The van der Waals surface area contributed by atoms with E-state index in [0.29, 0.717) is 42.6 Å². The SMILES string of the molecule is CCCCC(CC)COC(=O)c1ccccc1C(=O)OCC(CC)CCCC.CCCCCCCCCCCCCCCCCC(=O)O. The third-order valence-corrected chi connectivity index (χ3v) is 9.35. The van der Waals surface area contributed by atoms with Gasteiger partial charge in [0.2, 0.25) is 0 Å². The van der Waals surface area contributed by atoms with Crippen molar-refractivity contribution in [1.29, 1.82) is 0 Å². The van der Waals surface area contributed by atoms with Crippen molar-refractivity contribution in [3.05, 3.63) is 35.4 Å². The molecule has 0 aliphatic rings. The van der Waals surface area contributed by atoms with E-state index in [1.54, 1.807) is 24.3 Å². The number of hydrogen-bond acceptors (Lipinski definition) is 5. The number of carboxylic acids is 1. The van der Waals surface area contributed by atoms with Crippen molar-refractivity contribution >= 4 is 17.9 Å². The summed E-state index contributed by atoms with van der Waals surface area (Å²) in [4.78, 5) is 35.5. The Hall–Kier alpha value is -2.37. The third kappa shape index (κ3) is 25.6. The molecule has 2 unspecified atom stereocenters. The Morgan fingerprint density at radius 1 is 0.521 bits per heavy atom. The number of aliphatic carboxylic acids is 1. The van der Waals surface area contributed by atoms with Gasteiger partial charge in [-0.05, 0) is 43.2 Å². The second-order valence-corrected chi connectivity index (χ2v) is 13.7. The van der Waals surface area contributed by atoms with Crippen LogP contribution >= 0.6 is 0 Å². The number of carboxylic acid groups (broad SMARTS) is 1. The third-order valence-electron chi connectivity index (χ3n) is 9.35. The van der Waals surface area contributed by atoms with Crippen molar-refractivity contribution in [1.82, 2.24) is 0 Å². The summed E-state index contributed by atoms with van der Waals surface area (Å²) in [5.41, 5.74) is 0.582. The molecule has 1 N–H and O–H groups in total. The second kappa shape index (κ2) is 33.1. The van der Waals surface area contributed by atoms with E-state index in [-0.39, 0.29) is 0 Å². The summed E-state index contributed by atoms with van der Waals surface area (Å²) in [6.07, 6.45) is 28.8. The molecule has 1 rings (SSSR count). The predicted molar refractivity (Wildman–Crippen MR) is 201 cm³/mol. The topological polar surface area (TPSA) is 89.9 Å². The van der Waals surface area contributed by atoms with Crippen LogP contribution in [0.2, 0.25) is 0 Å². The number of carbonyl (C=O) groups is 3. The Morgan fingerprint density at radius 3 is 1.17 bits per heavy atom. The number of unbranched alkanes of at least 4 members (excludes halogenated alkanes) is 16. The Morgan fingerprint density at radius 2 is 0.854 bits per heavy atom. The highest BCUT2D eigenvalue weighted by atomic mass is 16.5. The van der Waals surface area contributed by atoms with Gasteiger partial charge >= 0.3 is 17.9 Å². The molecule has 0 amide bonds. The number of carbonyl (C=O) groups excluding carboxylic acids is 2. The van der Waals surface area contributed by atoms with Gasteiger partial charge in [-0.25, -0.2) is 9.59 Å². The quantitative estimate of drug-likeness (QED) is 0.0645. The average Bonchev–Trinajstić information content (AvgIpc) is 3.10. The second-order valence-electron chi connectivity index (χ2n) is 13.7. The van der Waals surface area contributed by atoms with Crippen molar-refractivity contribution in [2.24, 2.45) is 11.8 Å². The summed E-state index contributed by atoms with van der Waals surface area (Å²) in [6, 6.07) is 6.77. The van der Waals surface area contributed by atoms with Crippen LogP contribution in [-0.4, -0.2) is 36.2 Å². The highest BCUT2D eigenvalue weighted by molar-refractivity contribution is 6.03. The number of hydrogen-bond donors (Lipinski definition) is 1. The fourth-order valence-corrected chi connectivity index (χ4v) is 5.83. The van der Waals surface area contributed by atoms with Crippen LogP contribution in [0.4, 0.5) is 0 Å². The minimum absolute atomic E-state index is 0.291. The molecule has 0 aliphatic carbocycles. The molecule has 0 aromatic heterocycles. The lowest BCUT2D eigenvalue weighted by atomic mass is 10.0. The van der Waals surface area contributed by atoms with Gasteiger partial charge in [-0.2, -0.15) is 0 Å². The van der Waals surface area contributed by atoms with Gasteiger partial charge in [0, 0.05) is 6.42 Å². The van der Waals surface area contributed by atoms with E-state index in [0.717, 1.165) is 64.2 Å². The van der Waals surface area contributed by atoms with Gasteiger partial charge in [0.1, 0.15) is 0 Å². The van der Waals surface area contributed by atoms with Crippen molar-refractivity contribution in [3.63, 3.8) is 0 Å². The molecule has 1 aromatic carbocycles. The number of ether oxygens (including phenoxy) is 2. The molecule has 6 heteroatoms. The van der Waals surface area contributed by atoms with Crippen LogP contribution in [0.25, 0.3) is 0 Å². The number of esters is 2. The van der Waals surface area contributed by atoms with Gasteiger partial charge < -0.3 is 14.6 Å². The molecule has 0 spiro atoms. The number of rotatable bonds is 30. The van der Waals surface area contributed by atoms with Gasteiger partial charge in [0.15, 0.2) is 0 Å². The van der Waals surface area contributed by atoms with Crippen molar-refractivity contribution in [2.45, 2.75) is 189 Å². The molecule has 278 valence electrons. The minimum Gasteiger partial charge on any atom is -0.481 e. The Balaban J connectivity index is 0.000000977. The average molecular weight is 675 g/mol. The van der Waals surface area contributed by atoms with Crippen LogP contribution in [0.1, 0.15) is 209 Å². The summed E-state index contributed by atoms with van der Waals surface area (Å²) in [5.74, 6) is -0.806. The van der Waals surface area contributed by atoms with E-state index in [4.69, 9.17) is 14.6 Å². The zero-order valence-electron chi connectivity index (χ0n) is 31.8. The zero-order valence-corrected chi connectivity index (χ0v) is 31.8. The van der Waals surface area contributed by atoms with E-state index < -0.39 is 17.9 Å². The molecule has 0 bridgehead atoms. The largest absolute Gasteiger partial charge is 0.481 e. The molecule has 0 saturated heterocycles. The first-order valence-corrected chi connectivity index (χ1v) is 20.0. The van der Waals surface area contributed by atoms with Gasteiger partial charge in [-0.3, -0.25) is 4.79 Å². The van der Waals surface area contributed by atoms with Gasteiger partial charge in [-0.1, -0.05) is 175 Å². The lowest BCUT2D eigenvalue weighted by Gasteiger charge is -2.17. The molecule has 0 heterocycles. The first-order valence-electron chi connectivity index (χ1n) is 20.0. The van der Waals surface area contributed by atoms with Crippen LogP contribution in [-0.2, 0) is 14.3 Å². The summed E-state index contributed by atoms with van der Waals surface area (Å²) in [5, 5.41) is 8.52. The van der Waals surface area contributed by atoms with Crippen LogP contribution in [0.15, 0.2) is 24.3 Å². The van der Waals surface area contributed by atoms with Crippen LogP contribution in [0.3, 0.4) is 0 Å². The zero-order chi connectivity index (χ0) is 35.7. The van der Waals surface area contributed by atoms with Crippen LogP contribution in [0.5, 0.6) is 0 Å². The predicted octanol–water partition coefficient (Wildman–Crippen LogP) is 12.8. The maximum Gasteiger partial charge on any atom is 0.339 e. The highest BCUT2D eigenvalue weighted by Crippen LogP contribution is 2.19. The van der Waals surface area contributed by atoms with Crippen LogP contribution in [0, 0.1) is 11.8 Å². The summed E-state index contributed by atoms with van der Waals surface area (Å²) in [6.45, 7) is 11.6. The van der Waals surface area contributed by atoms with Gasteiger partial charge in [0.05, 0.1) is 24.3 Å². The van der Waals surface area contributed by atoms with Gasteiger partial charge in [0.25, 0.3) is 0 Å². The smallest absolute Gasteiger partial charge is 0.339 e. The fourth-order valence-electron chi connectivity index (χ4n) is 5.83. The lowest BCUT2D eigenvalue weighted by molar-refractivity contribution is -0.137. The van der Waals surface area contributed by atoms with Gasteiger partial charge in [-0.15, -0.1) is 0 Å². The summed E-state index contributed by atoms with van der Waals surface area (Å²) >= 11 is 0. The molecular weight excluding hydrogens is 600 g/mol. The normalized spacial score (nSPS) is 12.1. The highest BCUT2D eigenvalue weighted by Gasteiger charge is 2.21. The Bertz CT molecular complexity index is 862.